The number of carbonyl (C=O) groups is 2. The van der Waals surface area contributed by atoms with Gasteiger partial charge in [-0.05, 0) is 56.0 Å². The van der Waals surface area contributed by atoms with Gasteiger partial charge < -0.3 is 18.9 Å². The van der Waals surface area contributed by atoms with Crippen LogP contribution in [-0.2, 0) is 14.3 Å². The summed E-state index contributed by atoms with van der Waals surface area (Å²) in [6.07, 6.45) is 1.84. The highest BCUT2D eigenvalue weighted by molar-refractivity contribution is 5.90. The van der Waals surface area contributed by atoms with E-state index in [2.05, 4.69) is 0 Å². The third kappa shape index (κ3) is 5.33. The lowest BCUT2D eigenvalue weighted by Crippen LogP contribution is -2.19. The van der Waals surface area contributed by atoms with Crippen LogP contribution < -0.4 is 9.47 Å². The fraction of sp³-hybridized carbons (Fsp3) is 0.364. The molecule has 0 amide bonds. The standard InChI is InChI=1S/C22H24O6/c1-15-6-3-7-16(2)21(15)26-14-20(23)28-18-9-4-8-17(12-18)22(24)27-13-19-10-5-11-25-19/h3-4,6-9,12,19H,5,10-11,13-14H2,1-2H3. The van der Waals surface area contributed by atoms with Gasteiger partial charge in [-0.25, -0.2) is 9.59 Å². The van der Waals surface area contributed by atoms with Gasteiger partial charge in [0.05, 0.1) is 11.7 Å². The number of rotatable bonds is 7. The molecule has 6 nitrogen and oxygen atoms in total. The molecule has 148 valence electrons. The average molecular weight is 384 g/mol. The minimum atomic E-state index is -0.549. The molecule has 1 saturated heterocycles. The molecule has 1 fully saturated rings. The van der Waals surface area contributed by atoms with Crippen molar-refractivity contribution < 1.29 is 28.5 Å². The molecule has 1 atom stereocenters. The Morgan fingerprint density at radius 2 is 1.86 bits per heavy atom. The van der Waals surface area contributed by atoms with Gasteiger partial charge in [0.2, 0.25) is 0 Å². The van der Waals surface area contributed by atoms with Crippen molar-refractivity contribution in [3.8, 4) is 11.5 Å². The first kappa shape index (κ1) is 19.9. The van der Waals surface area contributed by atoms with E-state index in [4.69, 9.17) is 18.9 Å². The van der Waals surface area contributed by atoms with Gasteiger partial charge in [0.1, 0.15) is 18.1 Å². The van der Waals surface area contributed by atoms with E-state index in [0.29, 0.717) is 17.9 Å². The Morgan fingerprint density at radius 1 is 1.11 bits per heavy atom. The molecule has 2 aromatic carbocycles. The number of carbonyl (C=O) groups excluding carboxylic acids is 2. The van der Waals surface area contributed by atoms with Crippen molar-refractivity contribution in [1.82, 2.24) is 0 Å². The molecule has 28 heavy (non-hydrogen) atoms. The quantitative estimate of drug-likeness (QED) is 0.536. The molecule has 6 heteroatoms. The molecular weight excluding hydrogens is 360 g/mol. The smallest absolute Gasteiger partial charge is 0.349 e. The largest absolute Gasteiger partial charge is 0.481 e. The van der Waals surface area contributed by atoms with Crippen LogP contribution in [0.2, 0.25) is 0 Å². The maximum Gasteiger partial charge on any atom is 0.349 e. The molecule has 1 aliphatic rings. The van der Waals surface area contributed by atoms with Gasteiger partial charge in [-0.3, -0.25) is 0 Å². The highest BCUT2D eigenvalue weighted by Gasteiger charge is 2.18. The van der Waals surface area contributed by atoms with Crippen molar-refractivity contribution in [2.24, 2.45) is 0 Å². The zero-order valence-corrected chi connectivity index (χ0v) is 16.1. The first-order valence-electron chi connectivity index (χ1n) is 9.31. The summed E-state index contributed by atoms with van der Waals surface area (Å²) in [5.41, 5.74) is 2.21. The van der Waals surface area contributed by atoms with Gasteiger partial charge >= 0.3 is 11.9 Å². The molecule has 0 N–H and O–H groups in total. The van der Waals surface area contributed by atoms with Crippen LogP contribution in [0, 0.1) is 13.8 Å². The third-order valence-electron chi connectivity index (χ3n) is 4.47. The Balaban J connectivity index is 1.53. The van der Waals surface area contributed by atoms with Gasteiger partial charge in [-0.1, -0.05) is 24.3 Å². The van der Waals surface area contributed by atoms with Crippen molar-refractivity contribution in [3.05, 3.63) is 59.2 Å². The van der Waals surface area contributed by atoms with Gasteiger partial charge in [-0.15, -0.1) is 0 Å². The molecule has 2 aromatic rings. The summed E-state index contributed by atoms with van der Waals surface area (Å²) in [7, 11) is 0. The molecule has 1 aliphatic heterocycles. The van der Waals surface area contributed by atoms with Crippen LogP contribution in [0.5, 0.6) is 11.5 Å². The summed E-state index contributed by atoms with van der Waals surface area (Å²) in [6.45, 7) is 4.54. The van der Waals surface area contributed by atoms with Crippen LogP contribution in [0.25, 0.3) is 0 Å². The van der Waals surface area contributed by atoms with E-state index in [1.165, 1.54) is 6.07 Å². The fourth-order valence-corrected chi connectivity index (χ4v) is 3.03. The SMILES string of the molecule is Cc1cccc(C)c1OCC(=O)Oc1cccc(C(=O)OCC2CCCO2)c1. The van der Waals surface area contributed by atoms with E-state index < -0.39 is 11.9 Å². The summed E-state index contributed by atoms with van der Waals surface area (Å²) in [6, 6.07) is 12.1. The molecule has 3 rings (SSSR count). The van der Waals surface area contributed by atoms with Crippen LogP contribution >= 0.6 is 0 Å². The van der Waals surface area contributed by atoms with E-state index in [1.807, 2.05) is 32.0 Å². The summed E-state index contributed by atoms with van der Waals surface area (Å²) in [5.74, 6) is -0.0831. The first-order valence-corrected chi connectivity index (χ1v) is 9.31. The lowest BCUT2D eigenvalue weighted by molar-refractivity contribution is -0.136. The highest BCUT2D eigenvalue weighted by Crippen LogP contribution is 2.22. The van der Waals surface area contributed by atoms with Gasteiger partial charge in [0, 0.05) is 6.61 Å². The van der Waals surface area contributed by atoms with E-state index in [9.17, 15) is 9.59 Å². The fourth-order valence-electron chi connectivity index (χ4n) is 3.03. The zero-order chi connectivity index (χ0) is 19.9. The zero-order valence-electron chi connectivity index (χ0n) is 16.1. The number of ether oxygens (including phenoxy) is 4. The topological polar surface area (TPSA) is 71.1 Å². The Kier molecular flexibility index (Phi) is 6.66. The van der Waals surface area contributed by atoms with Gasteiger partial charge in [0.15, 0.2) is 6.61 Å². The third-order valence-corrected chi connectivity index (χ3v) is 4.47. The summed E-state index contributed by atoms with van der Waals surface area (Å²) < 4.78 is 21.6. The normalized spacial score (nSPS) is 15.9. The van der Waals surface area contributed by atoms with Crippen molar-refractivity contribution in [3.63, 3.8) is 0 Å². The maximum absolute atomic E-state index is 12.2. The van der Waals surface area contributed by atoms with Gasteiger partial charge in [-0.2, -0.15) is 0 Å². The molecule has 1 heterocycles. The summed E-state index contributed by atoms with van der Waals surface area (Å²) in [4.78, 5) is 24.3. The van der Waals surface area contributed by atoms with Crippen LogP contribution in [0.3, 0.4) is 0 Å². The van der Waals surface area contributed by atoms with Crippen LogP contribution in [0.1, 0.15) is 34.3 Å². The molecule has 1 unspecified atom stereocenters. The van der Waals surface area contributed by atoms with Crippen molar-refractivity contribution in [2.75, 3.05) is 19.8 Å². The predicted molar refractivity (Wildman–Crippen MR) is 103 cm³/mol. The minimum absolute atomic E-state index is 0.0352. The van der Waals surface area contributed by atoms with E-state index >= 15 is 0 Å². The molecular formula is C22H24O6. The molecule has 0 spiro atoms. The Labute approximate surface area is 164 Å². The van der Waals surface area contributed by atoms with Crippen molar-refractivity contribution in [2.45, 2.75) is 32.8 Å². The van der Waals surface area contributed by atoms with Crippen LogP contribution in [0.15, 0.2) is 42.5 Å². The monoisotopic (exact) mass is 384 g/mol. The second-order valence-corrected chi connectivity index (χ2v) is 6.74. The molecule has 0 aliphatic carbocycles. The Morgan fingerprint density at radius 3 is 2.57 bits per heavy atom. The predicted octanol–water partition coefficient (Wildman–Crippen LogP) is 3.62. The lowest BCUT2D eigenvalue weighted by atomic mass is 10.1. The number of benzene rings is 2. The maximum atomic E-state index is 12.2. The Bertz CT molecular complexity index is 818. The number of esters is 2. The minimum Gasteiger partial charge on any atom is -0.481 e. The number of hydrogen-bond acceptors (Lipinski definition) is 6. The second kappa shape index (κ2) is 9.37. The number of aryl methyl sites for hydroxylation is 2. The lowest BCUT2D eigenvalue weighted by Gasteiger charge is -2.12. The molecule has 0 aromatic heterocycles. The molecule has 0 saturated carbocycles. The molecule has 0 bridgehead atoms. The van der Waals surface area contributed by atoms with Crippen LogP contribution in [0.4, 0.5) is 0 Å². The summed E-state index contributed by atoms with van der Waals surface area (Å²) >= 11 is 0. The van der Waals surface area contributed by atoms with Crippen molar-refractivity contribution in [1.29, 1.82) is 0 Å². The second-order valence-electron chi connectivity index (χ2n) is 6.74. The van der Waals surface area contributed by atoms with Crippen molar-refractivity contribution >= 4 is 11.9 Å². The number of hydrogen-bond donors (Lipinski definition) is 0. The summed E-state index contributed by atoms with van der Waals surface area (Å²) in [5, 5.41) is 0. The average Bonchev–Trinajstić information content (AvgIpc) is 3.19. The molecule has 0 radical (unpaired) electrons. The Hall–Kier alpha value is -2.86. The highest BCUT2D eigenvalue weighted by atomic mass is 16.6. The first-order chi connectivity index (χ1) is 13.5. The van der Waals surface area contributed by atoms with E-state index in [1.54, 1.807) is 18.2 Å². The van der Waals surface area contributed by atoms with Crippen LogP contribution in [-0.4, -0.2) is 37.9 Å². The van der Waals surface area contributed by atoms with E-state index in [0.717, 1.165) is 24.0 Å². The van der Waals surface area contributed by atoms with E-state index in [-0.39, 0.29) is 25.1 Å². The number of para-hydroxylation sites is 1. The van der Waals surface area contributed by atoms with Gasteiger partial charge in [0.25, 0.3) is 0 Å².